The van der Waals surface area contributed by atoms with Crippen molar-refractivity contribution in [3.8, 4) is 5.75 Å². The van der Waals surface area contributed by atoms with Crippen LogP contribution >= 0.6 is 0 Å². The van der Waals surface area contributed by atoms with Crippen LogP contribution in [0.3, 0.4) is 0 Å². The zero-order chi connectivity index (χ0) is 32.8. The summed E-state index contributed by atoms with van der Waals surface area (Å²) in [5.74, 6) is -1.58. The molecule has 0 radical (unpaired) electrons. The maximum atomic E-state index is 14.1. The first-order valence-corrected chi connectivity index (χ1v) is 14.0. The van der Waals surface area contributed by atoms with Gasteiger partial charge in [0.05, 0.1) is 30.1 Å². The Labute approximate surface area is 241 Å². The average Bonchev–Trinajstić information content (AvgIpc) is 2.88. The minimum Gasteiger partial charge on any atom is -0.504 e. The molecule has 0 fully saturated rings. The van der Waals surface area contributed by atoms with Gasteiger partial charge in [-0.3, -0.25) is 9.10 Å². The largest absolute Gasteiger partial charge is 0.504 e. The quantitative estimate of drug-likeness (QED) is 0.261. The molecule has 1 aromatic heterocycles. The van der Waals surface area contributed by atoms with Crippen molar-refractivity contribution in [2.45, 2.75) is 73.8 Å². The van der Waals surface area contributed by atoms with Crippen LogP contribution in [0.15, 0.2) is 35.4 Å². The highest BCUT2D eigenvalue weighted by Crippen LogP contribution is 2.51. The highest BCUT2D eigenvalue weighted by Gasteiger charge is 2.71. The number of benzene rings is 1. The average molecular weight is 647 g/mol. The van der Waals surface area contributed by atoms with Gasteiger partial charge < -0.3 is 26.0 Å². The van der Waals surface area contributed by atoms with E-state index in [1.165, 1.54) is 7.05 Å². The van der Waals surface area contributed by atoms with Gasteiger partial charge in [-0.2, -0.15) is 26.3 Å². The highest BCUT2D eigenvalue weighted by atomic mass is 32.2. The number of carbonyl (C=O) groups excluding carboxylic acids is 1. The van der Waals surface area contributed by atoms with Crippen LogP contribution in [0.1, 0.15) is 37.8 Å². The Morgan fingerprint density at radius 2 is 1.72 bits per heavy atom. The summed E-state index contributed by atoms with van der Waals surface area (Å²) in [6.07, 6.45) is -14.7. The number of fused-ring (bicyclic) bond motifs is 1. The van der Waals surface area contributed by atoms with E-state index in [9.17, 15) is 59.3 Å². The van der Waals surface area contributed by atoms with E-state index in [0.717, 1.165) is 26.1 Å². The predicted octanol–water partition coefficient (Wildman–Crippen LogP) is 3.27. The molecule has 0 saturated heterocycles. The number of carbonyl (C=O) groups is 1. The molecule has 0 bridgehead atoms. The number of aromatic nitrogens is 1. The number of sulfonamides is 1. The van der Waals surface area contributed by atoms with Crippen LogP contribution in [0.25, 0.3) is 0 Å². The van der Waals surface area contributed by atoms with Crippen LogP contribution in [-0.4, -0.2) is 78.4 Å². The maximum Gasteiger partial charge on any atom is 0.430 e. The number of hydrogen-bond donors (Lipinski definition) is 5. The van der Waals surface area contributed by atoms with Crippen molar-refractivity contribution in [2.75, 3.05) is 23.2 Å². The maximum absolute atomic E-state index is 14.1. The molecule has 1 amide bonds. The van der Waals surface area contributed by atoms with Crippen LogP contribution in [0.5, 0.6) is 5.75 Å². The van der Waals surface area contributed by atoms with E-state index in [0.29, 0.717) is 16.4 Å². The number of nitrogens with one attached hydrogen (secondary N) is 2. The minimum absolute atomic E-state index is 0.107. The van der Waals surface area contributed by atoms with Gasteiger partial charge in [0.2, 0.25) is 5.91 Å². The number of aliphatic hydroxyl groups is 2. The summed E-state index contributed by atoms with van der Waals surface area (Å²) in [5.41, 5.74) is -9.39. The summed E-state index contributed by atoms with van der Waals surface area (Å²) >= 11 is 0. The number of aromatic hydroxyl groups is 1. The molecule has 0 aliphatic carbocycles. The van der Waals surface area contributed by atoms with Gasteiger partial charge in [0.15, 0.2) is 11.6 Å². The summed E-state index contributed by atoms with van der Waals surface area (Å²) < 4.78 is 123. The van der Waals surface area contributed by atoms with Crippen LogP contribution in [0.2, 0.25) is 0 Å². The van der Waals surface area contributed by atoms with Gasteiger partial charge in [-0.1, -0.05) is 12.1 Å². The van der Waals surface area contributed by atoms with Crippen molar-refractivity contribution in [3.05, 3.63) is 41.6 Å². The number of alkyl halides is 7. The number of pyridine rings is 1. The topological polar surface area (TPSA) is 152 Å². The van der Waals surface area contributed by atoms with Gasteiger partial charge in [0, 0.05) is 25.1 Å². The van der Waals surface area contributed by atoms with E-state index in [1.54, 1.807) is 0 Å². The molecular weight excluding hydrogens is 617 g/mol. The first-order valence-electron chi connectivity index (χ1n) is 12.6. The molecule has 0 spiro atoms. The summed E-state index contributed by atoms with van der Waals surface area (Å²) in [4.78, 5) is 15.8. The lowest BCUT2D eigenvalue weighted by Gasteiger charge is -2.39. The summed E-state index contributed by atoms with van der Waals surface area (Å²) in [6.45, 7) is 1.68. The first-order chi connectivity index (χ1) is 19.6. The van der Waals surface area contributed by atoms with Crippen molar-refractivity contribution in [2.24, 2.45) is 0 Å². The molecule has 5 N–H and O–H groups in total. The normalized spacial score (nSPS) is 17.3. The predicted molar refractivity (Wildman–Crippen MR) is 138 cm³/mol. The molecule has 2 heterocycles. The van der Waals surface area contributed by atoms with Crippen molar-refractivity contribution < 1.29 is 59.3 Å². The molecule has 240 valence electrons. The number of hydrogen-bond acceptors (Lipinski definition) is 8. The second-order valence-electron chi connectivity index (χ2n) is 10.5. The number of rotatable bonds is 9. The van der Waals surface area contributed by atoms with Gasteiger partial charge >= 0.3 is 12.4 Å². The number of anilines is 2. The van der Waals surface area contributed by atoms with Gasteiger partial charge in [0.1, 0.15) is 11.1 Å². The summed E-state index contributed by atoms with van der Waals surface area (Å²) in [5, 5.41) is 34.5. The summed E-state index contributed by atoms with van der Waals surface area (Å²) in [7, 11) is -3.41. The molecule has 18 heteroatoms. The fraction of sp³-hybridized carbons (Fsp3) is 0.520. The zero-order valence-corrected chi connectivity index (χ0v) is 23.7. The SMILES string of the molecule is CNc1ncc(S(=O)(=O)N2c3ccc(C(O)(C(F)(F)F)C(F)(F)F)cc3CCC2CC(=O)NCC(F)C(C)(C)O)cc1O. The standard InChI is InChI=1S/C25H29F7N4O6S/c1-22(2,39)19(26)12-34-20(38)9-15-6-4-13-8-14(23(40,24(27,28)29)25(30,31)32)5-7-17(13)36(15)43(41,42)16-10-18(37)21(33-3)35-11-16/h5,7-8,10-11,15,19,37,39-40H,4,6,9,12H2,1-3H3,(H,33,35)(H,34,38). The number of halogens is 7. The van der Waals surface area contributed by atoms with E-state index in [4.69, 9.17) is 0 Å². The van der Waals surface area contributed by atoms with Crippen molar-refractivity contribution in [1.29, 1.82) is 0 Å². The second kappa shape index (κ2) is 11.6. The molecule has 10 nitrogen and oxygen atoms in total. The van der Waals surface area contributed by atoms with E-state index in [1.807, 2.05) is 0 Å². The van der Waals surface area contributed by atoms with E-state index < -0.39 is 86.6 Å². The Balaban J connectivity index is 2.11. The lowest BCUT2D eigenvalue weighted by atomic mass is 9.87. The van der Waals surface area contributed by atoms with Gasteiger partial charge in [-0.25, -0.2) is 17.8 Å². The van der Waals surface area contributed by atoms with Gasteiger partial charge in [-0.05, 0) is 38.3 Å². The third kappa shape index (κ3) is 6.59. The van der Waals surface area contributed by atoms with Crippen molar-refractivity contribution in [1.82, 2.24) is 10.3 Å². The number of nitrogens with zero attached hydrogens (tertiary/aromatic N) is 2. The minimum atomic E-state index is -6.18. The zero-order valence-electron chi connectivity index (χ0n) is 22.9. The molecule has 2 unspecified atom stereocenters. The Morgan fingerprint density at radius 3 is 2.23 bits per heavy atom. The fourth-order valence-electron chi connectivity index (χ4n) is 4.48. The van der Waals surface area contributed by atoms with E-state index in [2.05, 4.69) is 15.6 Å². The summed E-state index contributed by atoms with van der Waals surface area (Å²) in [6, 6.07) is 0.847. The molecule has 1 aliphatic heterocycles. The Hall–Kier alpha value is -3.38. The van der Waals surface area contributed by atoms with E-state index >= 15 is 0 Å². The lowest BCUT2D eigenvalue weighted by Crippen LogP contribution is -2.54. The molecular formula is C25H29F7N4O6S. The molecule has 2 aromatic rings. The van der Waals surface area contributed by atoms with Crippen LogP contribution in [-0.2, 0) is 26.8 Å². The third-order valence-corrected chi connectivity index (χ3v) is 8.77. The molecule has 43 heavy (non-hydrogen) atoms. The van der Waals surface area contributed by atoms with Crippen LogP contribution < -0.4 is 14.9 Å². The van der Waals surface area contributed by atoms with E-state index in [-0.39, 0.29) is 30.3 Å². The Kier molecular flexibility index (Phi) is 9.21. The van der Waals surface area contributed by atoms with Gasteiger partial charge in [0.25, 0.3) is 15.6 Å². The Morgan fingerprint density at radius 1 is 1.12 bits per heavy atom. The monoisotopic (exact) mass is 646 g/mol. The molecule has 1 aliphatic rings. The smallest absolute Gasteiger partial charge is 0.430 e. The molecule has 3 rings (SSSR count). The van der Waals surface area contributed by atoms with Crippen LogP contribution in [0.4, 0.5) is 42.2 Å². The number of aryl methyl sites for hydroxylation is 1. The van der Waals surface area contributed by atoms with Crippen molar-refractivity contribution >= 4 is 27.4 Å². The second-order valence-corrected chi connectivity index (χ2v) is 12.3. The lowest BCUT2D eigenvalue weighted by molar-refractivity contribution is -0.376. The Bertz CT molecular complexity index is 1450. The number of amides is 1. The third-order valence-electron chi connectivity index (χ3n) is 6.94. The van der Waals surface area contributed by atoms with Crippen LogP contribution in [0, 0.1) is 0 Å². The highest BCUT2D eigenvalue weighted by molar-refractivity contribution is 7.92. The van der Waals surface area contributed by atoms with Crippen molar-refractivity contribution in [3.63, 3.8) is 0 Å². The first kappa shape index (κ1) is 34.1. The fourth-order valence-corrected chi connectivity index (χ4v) is 6.17. The molecule has 0 saturated carbocycles. The van der Waals surface area contributed by atoms with Gasteiger partial charge in [-0.15, -0.1) is 0 Å². The molecule has 2 atom stereocenters. The molecule has 1 aromatic carbocycles.